The Morgan fingerprint density at radius 3 is 2.71 bits per heavy atom. The molecule has 14 heavy (non-hydrogen) atoms. The maximum absolute atomic E-state index is 5.68. The number of alkyl halides is 1. The summed E-state index contributed by atoms with van der Waals surface area (Å²) in [5.41, 5.74) is 1.89. The van der Waals surface area contributed by atoms with Crippen molar-refractivity contribution in [2.45, 2.75) is 5.88 Å². The van der Waals surface area contributed by atoms with Crippen molar-refractivity contribution >= 4 is 27.5 Å². The Labute approximate surface area is 95.6 Å². The molecule has 0 fully saturated rings. The zero-order valence-corrected chi connectivity index (χ0v) is 9.66. The van der Waals surface area contributed by atoms with Gasteiger partial charge >= 0.3 is 0 Å². The monoisotopic (exact) mass is 270 g/mol. The molecule has 0 N–H and O–H groups in total. The summed E-state index contributed by atoms with van der Waals surface area (Å²) in [6.45, 7) is 0. The molecular weight excluding hydrogens is 263 g/mol. The van der Waals surface area contributed by atoms with Gasteiger partial charge in [-0.05, 0) is 34.1 Å². The first-order valence-corrected chi connectivity index (χ1v) is 5.49. The molecule has 2 rings (SSSR count). The van der Waals surface area contributed by atoms with Crippen LogP contribution in [0.15, 0.2) is 41.0 Å². The second-order valence-electron chi connectivity index (χ2n) is 2.84. The quantitative estimate of drug-likeness (QED) is 0.766. The van der Waals surface area contributed by atoms with E-state index < -0.39 is 0 Å². The Bertz CT molecular complexity index is 439. The number of benzene rings is 1. The molecule has 1 heterocycles. The van der Waals surface area contributed by atoms with E-state index in [0.717, 1.165) is 15.9 Å². The number of para-hydroxylation sites is 1. The summed E-state index contributed by atoms with van der Waals surface area (Å²) in [5, 5.41) is 4.31. The van der Waals surface area contributed by atoms with Crippen LogP contribution in [-0.4, -0.2) is 9.78 Å². The van der Waals surface area contributed by atoms with E-state index >= 15 is 0 Å². The molecule has 72 valence electrons. The van der Waals surface area contributed by atoms with Crippen LogP contribution >= 0.6 is 27.5 Å². The number of rotatable bonds is 2. The lowest BCUT2D eigenvalue weighted by Crippen LogP contribution is -1.96. The highest BCUT2D eigenvalue weighted by Gasteiger charge is 2.02. The Hall–Kier alpha value is -0.800. The van der Waals surface area contributed by atoms with Crippen molar-refractivity contribution in [3.05, 3.63) is 46.7 Å². The van der Waals surface area contributed by atoms with Gasteiger partial charge in [-0.2, -0.15) is 5.10 Å². The Balaban J connectivity index is 2.44. The normalized spacial score (nSPS) is 10.4. The molecule has 2 nitrogen and oxygen atoms in total. The summed E-state index contributed by atoms with van der Waals surface area (Å²) >= 11 is 9.15. The molecule has 0 radical (unpaired) electrons. The molecule has 2 aromatic rings. The molecule has 0 unspecified atom stereocenters. The van der Waals surface area contributed by atoms with Gasteiger partial charge in [-0.25, -0.2) is 4.68 Å². The van der Waals surface area contributed by atoms with Gasteiger partial charge in [0.25, 0.3) is 0 Å². The first kappa shape index (κ1) is 9.74. The molecule has 0 aliphatic rings. The molecule has 0 spiro atoms. The minimum absolute atomic E-state index is 0.442. The largest absolute Gasteiger partial charge is 0.240 e. The fourth-order valence-corrected chi connectivity index (χ4v) is 1.81. The van der Waals surface area contributed by atoms with Crippen LogP contribution in [0.25, 0.3) is 5.69 Å². The molecule has 0 saturated heterocycles. The van der Waals surface area contributed by atoms with E-state index in [9.17, 15) is 0 Å². The summed E-state index contributed by atoms with van der Waals surface area (Å²) in [5.74, 6) is 0.442. The number of aromatic nitrogens is 2. The van der Waals surface area contributed by atoms with E-state index in [1.807, 2.05) is 41.2 Å². The van der Waals surface area contributed by atoms with Crippen molar-refractivity contribution in [1.29, 1.82) is 0 Å². The lowest BCUT2D eigenvalue weighted by atomic mass is 10.3. The summed E-state index contributed by atoms with van der Waals surface area (Å²) in [6, 6.07) is 9.83. The highest BCUT2D eigenvalue weighted by atomic mass is 79.9. The van der Waals surface area contributed by atoms with Gasteiger partial charge in [-0.3, -0.25) is 0 Å². The van der Waals surface area contributed by atoms with Crippen LogP contribution in [0.1, 0.15) is 5.69 Å². The molecule has 0 aliphatic heterocycles. The number of hydrogen-bond acceptors (Lipinski definition) is 1. The number of nitrogens with zero attached hydrogens (tertiary/aromatic N) is 2. The smallest absolute Gasteiger partial charge is 0.0787 e. The highest BCUT2D eigenvalue weighted by Crippen LogP contribution is 2.19. The molecule has 0 atom stereocenters. The molecule has 0 amide bonds. The summed E-state index contributed by atoms with van der Waals surface area (Å²) in [6.07, 6.45) is 1.90. The van der Waals surface area contributed by atoms with Gasteiger partial charge in [0.05, 0.1) is 17.3 Å². The van der Waals surface area contributed by atoms with E-state index in [4.69, 9.17) is 11.6 Å². The predicted molar refractivity (Wildman–Crippen MR) is 60.8 cm³/mol. The second-order valence-corrected chi connectivity index (χ2v) is 3.96. The van der Waals surface area contributed by atoms with Crippen LogP contribution < -0.4 is 0 Å². The van der Waals surface area contributed by atoms with Crippen molar-refractivity contribution in [3.63, 3.8) is 0 Å². The Morgan fingerprint density at radius 2 is 2.07 bits per heavy atom. The molecule has 1 aromatic heterocycles. The number of hydrogen-bond donors (Lipinski definition) is 0. The van der Waals surface area contributed by atoms with Crippen LogP contribution in [-0.2, 0) is 5.88 Å². The third kappa shape index (κ3) is 1.83. The Kier molecular flexibility index (Phi) is 2.89. The lowest BCUT2D eigenvalue weighted by molar-refractivity contribution is 0.855. The standard InChI is InChI=1S/C10H8BrClN2/c11-9-3-1-2-4-10(9)14-6-5-8(7-12)13-14/h1-6H,7H2. The van der Waals surface area contributed by atoms with Crippen molar-refractivity contribution < 1.29 is 0 Å². The average Bonchev–Trinajstić information content (AvgIpc) is 2.67. The fourth-order valence-electron chi connectivity index (χ4n) is 1.20. The lowest BCUT2D eigenvalue weighted by Gasteiger charge is -2.02. The van der Waals surface area contributed by atoms with E-state index in [0.29, 0.717) is 5.88 Å². The predicted octanol–water partition coefficient (Wildman–Crippen LogP) is 3.37. The van der Waals surface area contributed by atoms with Gasteiger partial charge in [0, 0.05) is 10.7 Å². The van der Waals surface area contributed by atoms with Gasteiger partial charge < -0.3 is 0 Å². The van der Waals surface area contributed by atoms with E-state index in [1.54, 1.807) is 0 Å². The van der Waals surface area contributed by atoms with Gasteiger partial charge in [0.1, 0.15) is 0 Å². The third-order valence-electron chi connectivity index (χ3n) is 1.88. The van der Waals surface area contributed by atoms with Crippen LogP contribution in [0.4, 0.5) is 0 Å². The van der Waals surface area contributed by atoms with Gasteiger partial charge in [0.15, 0.2) is 0 Å². The first-order chi connectivity index (χ1) is 6.81. The Morgan fingerprint density at radius 1 is 1.29 bits per heavy atom. The van der Waals surface area contributed by atoms with Gasteiger partial charge in [-0.1, -0.05) is 12.1 Å². The van der Waals surface area contributed by atoms with Crippen LogP contribution in [0.3, 0.4) is 0 Å². The van der Waals surface area contributed by atoms with Crippen molar-refractivity contribution in [1.82, 2.24) is 9.78 Å². The summed E-state index contributed by atoms with van der Waals surface area (Å²) in [7, 11) is 0. The molecule has 4 heteroatoms. The maximum Gasteiger partial charge on any atom is 0.0787 e. The highest BCUT2D eigenvalue weighted by molar-refractivity contribution is 9.10. The maximum atomic E-state index is 5.68. The minimum Gasteiger partial charge on any atom is -0.240 e. The molecule has 1 aromatic carbocycles. The molecule has 0 aliphatic carbocycles. The van der Waals surface area contributed by atoms with E-state index in [-0.39, 0.29) is 0 Å². The molecule has 0 saturated carbocycles. The van der Waals surface area contributed by atoms with Gasteiger partial charge in [-0.15, -0.1) is 11.6 Å². The first-order valence-electron chi connectivity index (χ1n) is 4.16. The minimum atomic E-state index is 0.442. The summed E-state index contributed by atoms with van der Waals surface area (Å²) < 4.78 is 2.83. The second kappa shape index (κ2) is 4.15. The fraction of sp³-hybridized carbons (Fsp3) is 0.100. The van der Waals surface area contributed by atoms with E-state index in [2.05, 4.69) is 21.0 Å². The van der Waals surface area contributed by atoms with Crippen LogP contribution in [0, 0.1) is 0 Å². The summed E-state index contributed by atoms with van der Waals surface area (Å²) in [4.78, 5) is 0. The van der Waals surface area contributed by atoms with Crippen molar-refractivity contribution in [3.8, 4) is 5.69 Å². The van der Waals surface area contributed by atoms with Gasteiger partial charge in [0.2, 0.25) is 0 Å². The molecule has 0 bridgehead atoms. The zero-order valence-electron chi connectivity index (χ0n) is 7.32. The third-order valence-corrected chi connectivity index (χ3v) is 2.82. The SMILES string of the molecule is ClCc1ccn(-c2ccccc2Br)n1. The van der Waals surface area contributed by atoms with Crippen molar-refractivity contribution in [2.24, 2.45) is 0 Å². The zero-order chi connectivity index (χ0) is 9.97. The topological polar surface area (TPSA) is 17.8 Å². The van der Waals surface area contributed by atoms with Crippen LogP contribution in [0.2, 0.25) is 0 Å². The molecular formula is C10H8BrClN2. The van der Waals surface area contributed by atoms with Crippen LogP contribution in [0.5, 0.6) is 0 Å². The van der Waals surface area contributed by atoms with E-state index in [1.165, 1.54) is 0 Å². The van der Waals surface area contributed by atoms with Crippen molar-refractivity contribution in [2.75, 3.05) is 0 Å². The average molecular weight is 272 g/mol. The number of halogens is 2.